The molecule has 2 aromatic rings. The summed E-state index contributed by atoms with van der Waals surface area (Å²) in [5.41, 5.74) is 1.71. The van der Waals surface area contributed by atoms with Gasteiger partial charge in [-0.25, -0.2) is 0 Å². The van der Waals surface area contributed by atoms with Crippen LogP contribution in [0.15, 0.2) is 36.4 Å². The second kappa shape index (κ2) is 7.03. The van der Waals surface area contributed by atoms with E-state index in [0.29, 0.717) is 17.1 Å². The maximum absolute atomic E-state index is 9.95. The highest BCUT2D eigenvalue weighted by Gasteiger charge is 2.13. The van der Waals surface area contributed by atoms with Crippen LogP contribution in [0.25, 0.3) is 0 Å². The summed E-state index contributed by atoms with van der Waals surface area (Å²) in [7, 11) is 1.65. The van der Waals surface area contributed by atoms with E-state index in [4.69, 9.17) is 27.9 Å². The van der Waals surface area contributed by atoms with Crippen molar-refractivity contribution in [2.45, 2.75) is 19.5 Å². The molecule has 2 aromatic carbocycles. The third-order valence-electron chi connectivity index (χ3n) is 3.31. The minimum atomic E-state index is 0.0540. The Bertz CT molecular complexity index is 632. The van der Waals surface area contributed by atoms with E-state index in [0.717, 1.165) is 11.3 Å². The smallest absolute Gasteiger partial charge is 0.138 e. The molecule has 1 atom stereocenters. The van der Waals surface area contributed by atoms with E-state index in [9.17, 15) is 5.11 Å². The van der Waals surface area contributed by atoms with Crippen molar-refractivity contribution in [2.24, 2.45) is 0 Å². The Morgan fingerprint density at radius 3 is 2.67 bits per heavy atom. The van der Waals surface area contributed by atoms with Crippen molar-refractivity contribution in [3.63, 3.8) is 0 Å². The van der Waals surface area contributed by atoms with Crippen molar-refractivity contribution < 1.29 is 9.84 Å². The van der Waals surface area contributed by atoms with Gasteiger partial charge in [0.2, 0.25) is 0 Å². The van der Waals surface area contributed by atoms with Gasteiger partial charge in [-0.05, 0) is 25.1 Å². The van der Waals surface area contributed by atoms with E-state index in [2.05, 4.69) is 5.32 Å². The lowest BCUT2D eigenvalue weighted by Crippen LogP contribution is -2.18. The van der Waals surface area contributed by atoms with Crippen LogP contribution in [0.2, 0.25) is 10.0 Å². The molecule has 0 aliphatic heterocycles. The molecule has 0 aliphatic carbocycles. The lowest BCUT2D eigenvalue weighted by molar-refractivity contribution is 0.401. The van der Waals surface area contributed by atoms with E-state index in [-0.39, 0.29) is 16.8 Å². The van der Waals surface area contributed by atoms with Crippen LogP contribution < -0.4 is 10.1 Å². The molecule has 21 heavy (non-hydrogen) atoms. The van der Waals surface area contributed by atoms with Crippen molar-refractivity contribution in [1.29, 1.82) is 0 Å². The predicted octanol–water partition coefficient (Wildman–Crippen LogP) is 4.56. The molecule has 3 nitrogen and oxygen atoms in total. The highest BCUT2D eigenvalue weighted by molar-refractivity contribution is 6.35. The molecule has 0 spiro atoms. The van der Waals surface area contributed by atoms with Gasteiger partial charge in [-0.1, -0.05) is 41.4 Å². The summed E-state index contributed by atoms with van der Waals surface area (Å²) in [6.45, 7) is 2.48. The Kier molecular flexibility index (Phi) is 5.34. The fourth-order valence-corrected chi connectivity index (χ4v) is 2.69. The Balaban J connectivity index is 2.13. The average Bonchev–Trinajstić information content (AvgIpc) is 2.49. The lowest BCUT2D eigenvalue weighted by atomic mass is 10.1. The molecule has 1 unspecified atom stereocenters. The Labute approximate surface area is 134 Å². The molecule has 2 N–H and O–H groups in total. The number of rotatable bonds is 5. The summed E-state index contributed by atoms with van der Waals surface area (Å²) in [5.74, 6) is 0.881. The zero-order valence-electron chi connectivity index (χ0n) is 11.9. The minimum absolute atomic E-state index is 0.0540. The number of ether oxygens (including phenoxy) is 1. The van der Waals surface area contributed by atoms with Gasteiger partial charge in [0.15, 0.2) is 0 Å². The average molecular weight is 326 g/mol. The van der Waals surface area contributed by atoms with Crippen molar-refractivity contribution in [1.82, 2.24) is 5.32 Å². The van der Waals surface area contributed by atoms with E-state index >= 15 is 0 Å². The molecular weight excluding hydrogens is 309 g/mol. The maximum Gasteiger partial charge on any atom is 0.138 e. The van der Waals surface area contributed by atoms with E-state index in [1.54, 1.807) is 13.2 Å². The van der Waals surface area contributed by atoms with Crippen LogP contribution in [0, 0.1) is 0 Å². The fraction of sp³-hybridized carbons (Fsp3) is 0.250. The Hall–Kier alpha value is -1.42. The SMILES string of the molecule is COc1ccccc1C(C)NCc1cc(Cl)cc(Cl)c1O. The van der Waals surface area contributed by atoms with Crippen molar-refractivity contribution in [3.05, 3.63) is 57.6 Å². The van der Waals surface area contributed by atoms with Gasteiger partial charge in [0, 0.05) is 28.7 Å². The number of methoxy groups -OCH3 is 1. The highest BCUT2D eigenvalue weighted by atomic mass is 35.5. The first-order valence-corrected chi connectivity index (χ1v) is 7.31. The van der Waals surface area contributed by atoms with Crippen LogP contribution in [-0.2, 0) is 6.54 Å². The van der Waals surface area contributed by atoms with Crippen molar-refractivity contribution in [3.8, 4) is 11.5 Å². The first-order valence-electron chi connectivity index (χ1n) is 6.56. The van der Waals surface area contributed by atoms with E-state index < -0.39 is 0 Å². The van der Waals surface area contributed by atoms with Crippen LogP contribution in [0.4, 0.5) is 0 Å². The molecule has 0 saturated carbocycles. The van der Waals surface area contributed by atoms with Gasteiger partial charge in [-0.15, -0.1) is 0 Å². The molecule has 0 radical (unpaired) electrons. The van der Waals surface area contributed by atoms with Gasteiger partial charge < -0.3 is 15.2 Å². The molecule has 0 aliphatic rings. The van der Waals surface area contributed by atoms with Gasteiger partial charge in [0.1, 0.15) is 11.5 Å². The number of hydrogen-bond acceptors (Lipinski definition) is 3. The zero-order valence-corrected chi connectivity index (χ0v) is 13.4. The van der Waals surface area contributed by atoms with Gasteiger partial charge in [0.25, 0.3) is 0 Å². The summed E-state index contributed by atoms with van der Waals surface area (Å²) in [6.07, 6.45) is 0. The molecule has 5 heteroatoms. The van der Waals surface area contributed by atoms with Gasteiger partial charge >= 0.3 is 0 Å². The second-order valence-electron chi connectivity index (χ2n) is 4.74. The summed E-state index contributed by atoms with van der Waals surface area (Å²) < 4.78 is 5.35. The molecule has 2 rings (SSSR count). The summed E-state index contributed by atoms with van der Waals surface area (Å²) in [5, 5.41) is 14.0. The molecule has 0 heterocycles. The molecule has 112 valence electrons. The molecule has 0 bridgehead atoms. The maximum atomic E-state index is 9.95. The van der Waals surface area contributed by atoms with E-state index in [1.165, 1.54) is 6.07 Å². The third-order valence-corrected chi connectivity index (χ3v) is 3.82. The molecule has 0 fully saturated rings. The number of benzene rings is 2. The van der Waals surface area contributed by atoms with Gasteiger partial charge in [0.05, 0.1) is 12.1 Å². The number of phenolic OH excluding ortho intramolecular Hbond substituents is 1. The molecule has 0 saturated heterocycles. The second-order valence-corrected chi connectivity index (χ2v) is 5.58. The first kappa shape index (κ1) is 16.0. The summed E-state index contributed by atoms with van der Waals surface area (Å²) in [4.78, 5) is 0. The number of aromatic hydroxyl groups is 1. The van der Waals surface area contributed by atoms with Crippen LogP contribution in [0.5, 0.6) is 11.5 Å². The predicted molar refractivity (Wildman–Crippen MR) is 86.4 cm³/mol. The summed E-state index contributed by atoms with van der Waals surface area (Å²) >= 11 is 11.9. The zero-order chi connectivity index (χ0) is 15.4. The normalized spacial score (nSPS) is 12.2. The number of para-hydroxylation sites is 1. The van der Waals surface area contributed by atoms with Crippen LogP contribution in [0.3, 0.4) is 0 Å². The largest absolute Gasteiger partial charge is 0.506 e. The number of phenols is 1. The third kappa shape index (κ3) is 3.82. The fourth-order valence-electron chi connectivity index (χ4n) is 2.15. The molecule has 0 aromatic heterocycles. The van der Waals surface area contributed by atoms with Crippen molar-refractivity contribution >= 4 is 23.2 Å². The number of hydrogen-bond donors (Lipinski definition) is 2. The minimum Gasteiger partial charge on any atom is -0.506 e. The van der Waals surface area contributed by atoms with Crippen LogP contribution >= 0.6 is 23.2 Å². The monoisotopic (exact) mass is 325 g/mol. The van der Waals surface area contributed by atoms with Crippen LogP contribution in [-0.4, -0.2) is 12.2 Å². The van der Waals surface area contributed by atoms with Crippen molar-refractivity contribution in [2.75, 3.05) is 7.11 Å². The van der Waals surface area contributed by atoms with Gasteiger partial charge in [-0.3, -0.25) is 0 Å². The first-order chi connectivity index (χ1) is 10.0. The number of halogens is 2. The van der Waals surface area contributed by atoms with Gasteiger partial charge in [-0.2, -0.15) is 0 Å². The number of nitrogens with one attached hydrogen (secondary N) is 1. The Morgan fingerprint density at radius 1 is 1.24 bits per heavy atom. The molecule has 0 amide bonds. The lowest BCUT2D eigenvalue weighted by Gasteiger charge is -2.18. The molecular formula is C16H17Cl2NO2. The quantitative estimate of drug-likeness (QED) is 0.846. The Morgan fingerprint density at radius 2 is 1.95 bits per heavy atom. The standard InChI is InChI=1S/C16H17Cl2NO2/c1-10(13-5-3-4-6-15(13)21-2)19-9-11-7-12(17)8-14(18)16(11)20/h3-8,10,19-20H,9H2,1-2H3. The topological polar surface area (TPSA) is 41.5 Å². The van der Waals surface area contributed by atoms with E-state index in [1.807, 2.05) is 31.2 Å². The summed E-state index contributed by atoms with van der Waals surface area (Å²) in [6, 6.07) is 11.1. The highest BCUT2D eigenvalue weighted by Crippen LogP contribution is 2.32. The van der Waals surface area contributed by atoms with Crippen LogP contribution in [0.1, 0.15) is 24.1 Å².